The van der Waals surface area contributed by atoms with E-state index in [9.17, 15) is 0 Å². The summed E-state index contributed by atoms with van der Waals surface area (Å²) in [6.45, 7) is 6.48. The van der Waals surface area contributed by atoms with Crippen molar-refractivity contribution in [3.8, 4) is 0 Å². The van der Waals surface area contributed by atoms with Crippen LogP contribution in [0.1, 0.15) is 29.9 Å². The first-order chi connectivity index (χ1) is 5.57. The van der Waals surface area contributed by atoms with E-state index in [-0.39, 0.29) is 0 Å². The van der Waals surface area contributed by atoms with E-state index >= 15 is 0 Å². The van der Waals surface area contributed by atoms with Crippen LogP contribution >= 0.6 is 0 Å². The molecule has 0 fully saturated rings. The number of rotatable bonds is 2. The zero-order valence-electron chi connectivity index (χ0n) is 8.60. The zero-order valence-corrected chi connectivity index (χ0v) is 8.60. The fourth-order valence-corrected chi connectivity index (χ4v) is 1.48. The number of aryl methyl sites for hydroxylation is 1. The van der Waals surface area contributed by atoms with Crippen LogP contribution < -0.4 is 5.32 Å². The first kappa shape index (κ1) is 9.33. The van der Waals surface area contributed by atoms with Crippen LogP contribution in [0.5, 0.6) is 0 Å². The lowest BCUT2D eigenvalue weighted by atomic mass is 10.1. The summed E-state index contributed by atoms with van der Waals surface area (Å²) in [5.74, 6) is 0. The predicted octanol–water partition coefficient (Wildman–Crippen LogP) is 1.92. The van der Waals surface area contributed by atoms with Crippen LogP contribution in [-0.4, -0.2) is 11.6 Å². The minimum absolute atomic E-state index is 0.449. The molecule has 0 amide bonds. The van der Waals surface area contributed by atoms with Crippen LogP contribution in [0.15, 0.2) is 6.07 Å². The molecule has 0 aromatic carbocycles. The molecule has 12 heavy (non-hydrogen) atoms. The fourth-order valence-electron chi connectivity index (χ4n) is 1.48. The molecule has 1 rings (SSSR count). The van der Waals surface area contributed by atoms with Gasteiger partial charge in [0.25, 0.3) is 0 Å². The standard InChI is InChI=1S/C10H18N2/c1-7-6-10(8(2)11-4)9(3)12(7)5/h6,8,11H,1-5H3. The highest BCUT2D eigenvalue weighted by Crippen LogP contribution is 2.19. The van der Waals surface area contributed by atoms with Crippen LogP contribution in [0.4, 0.5) is 0 Å². The van der Waals surface area contributed by atoms with Crippen molar-refractivity contribution in [2.24, 2.45) is 7.05 Å². The summed E-state index contributed by atoms with van der Waals surface area (Å²) < 4.78 is 2.23. The maximum Gasteiger partial charge on any atom is 0.0306 e. The Bertz CT molecular complexity index is 274. The van der Waals surface area contributed by atoms with Gasteiger partial charge >= 0.3 is 0 Å². The molecular formula is C10H18N2. The van der Waals surface area contributed by atoms with Gasteiger partial charge < -0.3 is 9.88 Å². The van der Waals surface area contributed by atoms with E-state index in [0.29, 0.717) is 6.04 Å². The van der Waals surface area contributed by atoms with E-state index in [1.807, 2.05) is 7.05 Å². The number of aromatic nitrogens is 1. The molecule has 0 bridgehead atoms. The van der Waals surface area contributed by atoms with E-state index in [1.165, 1.54) is 17.0 Å². The molecule has 68 valence electrons. The smallest absolute Gasteiger partial charge is 0.0306 e. The predicted molar refractivity (Wildman–Crippen MR) is 52.4 cm³/mol. The monoisotopic (exact) mass is 166 g/mol. The largest absolute Gasteiger partial charge is 0.352 e. The van der Waals surface area contributed by atoms with Crippen molar-refractivity contribution in [3.63, 3.8) is 0 Å². The van der Waals surface area contributed by atoms with Crippen molar-refractivity contribution >= 4 is 0 Å². The Hall–Kier alpha value is -0.760. The van der Waals surface area contributed by atoms with Crippen LogP contribution in [0.2, 0.25) is 0 Å². The minimum atomic E-state index is 0.449. The van der Waals surface area contributed by atoms with Crippen molar-refractivity contribution in [1.29, 1.82) is 0 Å². The number of nitrogens with one attached hydrogen (secondary N) is 1. The Morgan fingerprint density at radius 1 is 1.42 bits per heavy atom. The van der Waals surface area contributed by atoms with Gasteiger partial charge in [0.05, 0.1) is 0 Å². The number of nitrogens with zero attached hydrogens (tertiary/aromatic N) is 1. The molecule has 1 N–H and O–H groups in total. The van der Waals surface area contributed by atoms with Gasteiger partial charge in [-0.3, -0.25) is 0 Å². The average Bonchev–Trinajstić information content (AvgIpc) is 2.32. The van der Waals surface area contributed by atoms with Gasteiger partial charge in [-0.1, -0.05) is 0 Å². The summed E-state index contributed by atoms with van der Waals surface area (Å²) in [6, 6.07) is 2.70. The Balaban J connectivity index is 3.08. The molecule has 1 aromatic heterocycles. The van der Waals surface area contributed by atoms with Crippen LogP contribution in [0, 0.1) is 13.8 Å². The summed E-state index contributed by atoms with van der Waals surface area (Å²) in [4.78, 5) is 0. The van der Waals surface area contributed by atoms with Crippen molar-refractivity contribution in [3.05, 3.63) is 23.0 Å². The zero-order chi connectivity index (χ0) is 9.30. The highest BCUT2D eigenvalue weighted by Gasteiger charge is 2.10. The Kier molecular flexibility index (Phi) is 2.58. The molecule has 2 heteroatoms. The third-order valence-corrected chi connectivity index (χ3v) is 2.71. The molecule has 0 saturated heterocycles. The van der Waals surface area contributed by atoms with Crippen LogP contribution in [0.25, 0.3) is 0 Å². The maximum absolute atomic E-state index is 3.25. The lowest BCUT2D eigenvalue weighted by molar-refractivity contribution is 0.645. The normalized spacial score (nSPS) is 13.4. The lowest BCUT2D eigenvalue weighted by Gasteiger charge is -2.09. The third kappa shape index (κ3) is 1.39. The topological polar surface area (TPSA) is 17.0 Å². The van der Waals surface area contributed by atoms with Gasteiger partial charge in [-0.15, -0.1) is 0 Å². The maximum atomic E-state index is 3.25. The second kappa shape index (κ2) is 3.31. The third-order valence-electron chi connectivity index (χ3n) is 2.71. The molecule has 1 heterocycles. The molecule has 1 unspecified atom stereocenters. The van der Waals surface area contributed by atoms with E-state index in [1.54, 1.807) is 0 Å². The summed E-state index contributed by atoms with van der Waals surface area (Å²) in [5.41, 5.74) is 4.08. The van der Waals surface area contributed by atoms with Gasteiger partial charge in [0.2, 0.25) is 0 Å². The Morgan fingerprint density at radius 3 is 2.33 bits per heavy atom. The van der Waals surface area contributed by atoms with Crippen LogP contribution in [-0.2, 0) is 7.05 Å². The summed E-state index contributed by atoms with van der Waals surface area (Å²) in [6.07, 6.45) is 0. The molecule has 2 nitrogen and oxygen atoms in total. The molecule has 1 atom stereocenters. The quantitative estimate of drug-likeness (QED) is 0.710. The number of hydrogen-bond donors (Lipinski definition) is 1. The summed E-state index contributed by atoms with van der Waals surface area (Å²) in [5, 5.41) is 3.25. The van der Waals surface area contributed by atoms with Gasteiger partial charge in [-0.05, 0) is 39.4 Å². The average molecular weight is 166 g/mol. The summed E-state index contributed by atoms with van der Waals surface area (Å²) in [7, 11) is 4.10. The first-order valence-corrected chi connectivity index (χ1v) is 4.38. The molecule has 0 aliphatic carbocycles. The minimum Gasteiger partial charge on any atom is -0.352 e. The van der Waals surface area contributed by atoms with Crippen molar-refractivity contribution in [2.75, 3.05) is 7.05 Å². The highest BCUT2D eigenvalue weighted by atomic mass is 15.0. The Morgan fingerprint density at radius 2 is 2.00 bits per heavy atom. The van der Waals surface area contributed by atoms with Gasteiger partial charge in [-0.2, -0.15) is 0 Å². The van der Waals surface area contributed by atoms with Gasteiger partial charge in [0, 0.05) is 24.5 Å². The molecule has 0 aliphatic rings. The second-order valence-corrected chi connectivity index (χ2v) is 3.40. The summed E-state index contributed by atoms with van der Waals surface area (Å²) >= 11 is 0. The van der Waals surface area contributed by atoms with Crippen molar-refractivity contribution in [1.82, 2.24) is 9.88 Å². The van der Waals surface area contributed by atoms with Gasteiger partial charge in [0.1, 0.15) is 0 Å². The highest BCUT2D eigenvalue weighted by molar-refractivity contribution is 5.28. The van der Waals surface area contributed by atoms with Crippen molar-refractivity contribution in [2.45, 2.75) is 26.8 Å². The van der Waals surface area contributed by atoms with E-state index in [4.69, 9.17) is 0 Å². The lowest BCUT2D eigenvalue weighted by Crippen LogP contribution is -2.12. The van der Waals surface area contributed by atoms with E-state index in [0.717, 1.165) is 0 Å². The van der Waals surface area contributed by atoms with Crippen LogP contribution in [0.3, 0.4) is 0 Å². The number of hydrogen-bond acceptors (Lipinski definition) is 1. The fraction of sp³-hybridized carbons (Fsp3) is 0.600. The first-order valence-electron chi connectivity index (χ1n) is 4.38. The molecule has 0 aliphatic heterocycles. The van der Waals surface area contributed by atoms with Gasteiger partial charge in [0.15, 0.2) is 0 Å². The molecule has 0 radical (unpaired) electrons. The SMILES string of the molecule is CNC(C)c1cc(C)n(C)c1C. The molecule has 0 spiro atoms. The van der Waals surface area contributed by atoms with E-state index in [2.05, 4.69) is 43.8 Å². The second-order valence-electron chi connectivity index (χ2n) is 3.40. The molecular weight excluding hydrogens is 148 g/mol. The Labute approximate surface area is 74.6 Å². The van der Waals surface area contributed by atoms with E-state index < -0.39 is 0 Å². The van der Waals surface area contributed by atoms with Crippen molar-refractivity contribution < 1.29 is 0 Å². The van der Waals surface area contributed by atoms with Gasteiger partial charge in [-0.25, -0.2) is 0 Å². The molecule has 1 aromatic rings. The molecule has 0 saturated carbocycles.